The summed E-state index contributed by atoms with van der Waals surface area (Å²) in [5, 5.41) is 2.78. The van der Waals surface area contributed by atoms with E-state index in [1.807, 2.05) is 13.8 Å². The lowest BCUT2D eigenvalue weighted by molar-refractivity contribution is 0.0952. The maximum atomic E-state index is 12.0. The van der Waals surface area contributed by atoms with Gasteiger partial charge in [-0.05, 0) is 30.5 Å². The molecule has 106 valence electrons. The van der Waals surface area contributed by atoms with Gasteiger partial charge in [0.25, 0.3) is 15.0 Å². The van der Waals surface area contributed by atoms with Crippen LogP contribution in [0.5, 0.6) is 0 Å². The van der Waals surface area contributed by atoms with E-state index in [9.17, 15) is 13.2 Å². The molecule has 0 radical (unpaired) electrons. The van der Waals surface area contributed by atoms with E-state index >= 15 is 0 Å². The molecule has 1 aromatic rings. The van der Waals surface area contributed by atoms with E-state index in [1.54, 1.807) is 6.07 Å². The van der Waals surface area contributed by atoms with Crippen LogP contribution in [-0.4, -0.2) is 20.9 Å². The molecule has 0 bridgehead atoms. The molecule has 1 rings (SSSR count). The van der Waals surface area contributed by atoms with Crippen molar-refractivity contribution in [2.45, 2.75) is 38.0 Å². The first-order valence-electron chi connectivity index (χ1n) is 6.26. The molecule has 0 aliphatic rings. The van der Waals surface area contributed by atoms with Crippen LogP contribution in [-0.2, 0) is 15.5 Å². The molecule has 1 aromatic carbocycles. The number of hydrogen-bond acceptors (Lipinski definition) is 3. The van der Waals surface area contributed by atoms with Gasteiger partial charge in [0.1, 0.15) is 0 Å². The predicted octanol–water partition coefficient (Wildman–Crippen LogP) is 2.71. The molecular weight excluding hydrogens is 286 g/mol. The van der Waals surface area contributed by atoms with Gasteiger partial charge in [0.05, 0.1) is 4.90 Å². The molecule has 0 heterocycles. The van der Waals surface area contributed by atoms with Crippen molar-refractivity contribution in [3.63, 3.8) is 0 Å². The van der Waals surface area contributed by atoms with Crippen LogP contribution in [0.3, 0.4) is 0 Å². The molecular formula is C13H18ClNO3S. The zero-order valence-electron chi connectivity index (χ0n) is 11.1. The maximum absolute atomic E-state index is 12.0. The number of halogens is 1. The fourth-order valence-corrected chi connectivity index (χ4v) is 2.48. The van der Waals surface area contributed by atoms with E-state index < -0.39 is 9.05 Å². The molecule has 4 nitrogen and oxygen atoms in total. The third-order valence-corrected chi connectivity index (χ3v) is 4.16. The average molecular weight is 304 g/mol. The summed E-state index contributed by atoms with van der Waals surface area (Å²) < 4.78 is 22.6. The van der Waals surface area contributed by atoms with Gasteiger partial charge >= 0.3 is 0 Å². The predicted molar refractivity (Wildman–Crippen MR) is 76.1 cm³/mol. The zero-order chi connectivity index (χ0) is 14.5. The summed E-state index contributed by atoms with van der Waals surface area (Å²) in [5.74, 6) is -0.257. The second kappa shape index (κ2) is 6.91. The highest BCUT2D eigenvalue weighted by Crippen LogP contribution is 2.20. The van der Waals surface area contributed by atoms with Crippen LogP contribution in [0.15, 0.2) is 23.1 Å². The second-order valence-corrected chi connectivity index (χ2v) is 6.79. The summed E-state index contributed by atoms with van der Waals surface area (Å²) in [6.45, 7) is 4.52. The Balaban J connectivity index is 3.06. The van der Waals surface area contributed by atoms with Gasteiger partial charge in [-0.3, -0.25) is 4.79 Å². The molecule has 0 fully saturated rings. The van der Waals surface area contributed by atoms with Crippen LogP contribution in [0, 0.1) is 0 Å². The number of hydrogen-bond donors (Lipinski definition) is 1. The van der Waals surface area contributed by atoms with Gasteiger partial charge in [-0.25, -0.2) is 8.42 Å². The minimum atomic E-state index is -3.82. The van der Waals surface area contributed by atoms with Crippen molar-refractivity contribution in [3.8, 4) is 0 Å². The molecule has 0 spiro atoms. The van der Waals surface area contributed by atoms with Crippen LogP contribution in [0.1, 0.15) is 42.6 Å². The summed E-state index contributed by atoms with van der Waals surface area (Å²) >= 11 is 0. The summed E-state index contributed by atoms with van der Waals surface area (Å²) in [4.78, 5) is 12.0. The normalized spacial score (nSPS) is 11.3. The van der Waals surface area contributed by atoms with Crippen molar-refractivity contribution in [3.05, 3.63) is 29.3 Å². The molecule has 19 heavy (non-hydrogen) atoms. The number of aryl methyl sites for hydroxylation is 1. The monoisotopic (exact) mass is 303 g/mol. The van der Waals surface area contributed by atoms with Gasteiger partial charge in [-0.15, -0.1) is 0 Å². The SMILES string of the molecule is CCCCNC(=O)c1cc(S(=O)(=O)Cl)ccc1CC. The van der Waals surface area contributed by atoms with Crippen molar-refractivity contribution in [1.82, 2.24) is 5.32 Å². The van der Waals surface area contributed by atoms with Crippen molar-refractivity contribution in [2.75, 3.05) is 6.54 Å². The molecule has 0 unspecified atom stereocenters. The number of amides is 1. The van der Waals surface area contributed by atoms with Crippen molar-refractivity contribution < 1.29 is 13.2 Å². The fraction of sp³-hybridized carbons (Fsp3) is 0.462. The van der Waals surface area contributed by atoms with Crippen LogP contribution in [0.2, 0.25) is 0 Å². The van der Waals surface area contributed by atoms with Crippen molar-refractivity contribution >= 4 is 25.6 Å². The lowest BCUT2D eigenvalue weighted by atomic mass is 10.0. The first kappa shape index (κ1) is 16.0. The molecule has 1 amide bonds. The first-order valence-corrected chi connectivity index (χ1v) is 8.56. The van der Waals surface area contributed by atoms with E-state index in [0.717, 1.165) is 18.4 Å². The lowest BCUT2D eigenvalue weighted by Crippen LogP contribution is -2.25. The number of carbonyl (C=O) groups excluding carboxylic acids is 1. The quantitative estimate of drug-likeness (QED) is 0.649. The van der Waals surface area contributed by atoms with Gasteiger partial charge in [-0.2, -0.15) is 0 Å². The van der Waals surface area contributed by atoms with E-state index in [0.29, 0.717) is 18.5 Å². The number of rotatable bonds is 6. The largest absolute Gasteiger partial charge is 0.352 e. The Morgan fingerprint density at radius 3 is 2.53 bits per heavy atom. The highest BCUT2D eigenvalue weighted by Gasteiger charge is 2.16. The first-order chi connectivity index (χ1) is 8.90. The number of benzene rings is 1. The summed E-state index contributed by atoms with van der Waals surface area (Å²) in [6.07, 6.45) is 2.52. The molecule has 0 saturated carbocycles. The fourth-order valence-electron chi connectivity index (χ4n) is 1.70. The minimum Gasteiger partial charge on any atom is -0.352 e. The van der Waals surface area contributed by atoms with Crippen LogP contribution in [0.4, 0.5) is 0 Å². The number of unbranched alkanes of at least 4 members (excludes halogenated alkanes) is 1. The van der Waals surface area contributed by atoms with Crippen LogP contribution < -0.4 is 5.32 Å². The van der Waals surface area contributed by atoms with Crippen LogP contribution in [0.25, 0.3) is 0 Å². The zero-order valence-corrected chi connectivity index (χ0v) is 12.6. The van der Waals surface area contributed by atoms with E-state index in [1.165, 1.54) is 12.1 Å². The van der Waals surface area contributed by atoms with E-state index in [4.69, 9.17) is 10.7 Å². The highest BCUT2D eigenvalue weighted by molar-refractivity contribution is 8.13. The molecule has 6 heteroatoms. The van der Waals surface area contributed by atoms with Crippen molar-refractivity contribution in [2.24, 2.45) is 0 Å². The molecule has 0 aliphatic heterocycles. The molecule has 0 atom stereocenters. The Labute approximate surface area is 118 Å². The van der Waals surface area contributed by atoms with Gasteiger partial charge in [-0.1, -0.05) is 26.3 Å². The van der Waals surface area contributed by atoms with Crippen LogP contribution >= 0.6 is 10.7 Å². The van der Waals surface area contributed by atoms with Gasteiger partial charge in [0.15, 0.2) is 0 Å². The third kappa shape index (κ3) is 4.51. The summed E-state index contributed by atoms with van der Waals surface area (Å²) in [5.41, 5.74) is 1.18. The smallest absolute Gasteiger partial charge is 0.261 e. The van der Waals surface area contributed by atoms with Gasteiger partial charge in [0.2, 0.25) is 0 Å². The van der Waals surface area contributed by atoms with E-state index in [2.05, 4.69) is 5.32 Å². The summed E-state index contributed by atoms with van der Waals surface area (Å²) in [7, 11) is 1.48. The third-order valence-electron chi connectivity index (χ3n) is 2.80. The Kier molecular flexibility index (Phi) is 5.82. The minimum absolute atomic E-state index is 0.0491. The van der Waals surface area contributed by atoms with E-state index in [-0.39, 0.29) is 10.8 Å². The molecule has 0 aliphatic carbocycles. The second-order valence-electron chi connectivity index (χ2n) is 4.22. The molecule has 0 saturated heterocycles. The Hall–Kier alpha value is -1.07. The van der Waals surface area contributed by atoms with Crippen molar-refractivity contribution in [1.29, 1.82) is 0 Å². The Bertz CT molecular complexity index is 555. The standard InChI is InChI=1S/C13H18ClNO3S/c1-3-5-8-15-13(16)12-9-11(19(14,17)18)7-6-10(12)4-2/h6-7,9H,3-5,8H2,1-2H3,(H,15,16). The average Bonchev–Trinajstić information content (AvgIpc) is 2.37. The summed E-state index contributed by atoms with van der Waals surface area (Å²) in [6, 6.07) is 4.39. The number of carbonyl (C=O) groups is 1. The maximum Gasteiger partial charge on any atom is 0.261 e. The molecule has 1 N–H and O–H groups in total. The van der Waals surface area contributed by atoms with Gasteiger partial charge in [0, 0.05) is 22.8 Å². The Morgan fingerprint density at radius 1 is 1.32 bits per heavy atom. The molecule has 0 aromatic heterocycles. The topological polar surface area (TPSA) is 63.2 Å². The Morgan fingerprint density at radius 2 is 2.00 bits per heavy atom. The lowest BCUT2D eigenvalue weighted by Gasteiger charge is -2.10. The number of nitrogens with one attached hydrogen (secondary N) is 1. The van der Waals surface area contributed by atoms with Gasteiger partial charge < -0.3 is 5.32 Å². The highest BCUT2D eigenvalue weighted by atomic mass is 35.7.